The number of hydrogen-bond acceptors (Lipinski definition) is 5. The lowest BCUT2D eigenvalue weighted by Crippen LogP contribution is -2.25. The highest BCUT2D eigenvalue weighted by molar-refractivity contribution is 6.31. The van der Waals surface area contributed by atoms with Crippen molar-refractivity contribution in [3.8, 4) is 6.07 Å². The predicted octanol–water partition coefficient (Wildman–Crippen LogP) is 3.15. The van der Waals surface area contributed by atoms with Crippen molar-refractivity contribution >= 4 is 17.6 Å². The summed E-state index contributed by atoms with van der Waals surface area (Å²) >= 11 is 6.25. The van der Waals surface area contributed by atoms with Crippen LogP contribution in [-0.2, 0) is 14.3 Å². The summed E-state index contributed by atoms with van der Waals surface area (Å²) in [6.45, 7) is 5.14. The van der Waals surface area contributed by atoms with Gasteiger partial charge in [-0.1, -0.05) is 42.5 Å². The number of esters is 1. The summed E-state index contributed by atoms with van der Waals surface area (Å²) in [5.41, 5.74) is 6.71. The highest BCUT2D eigenvalue weighted by atomic mass is 35.5. The number of ether oxygens (including phenoxy) is 2. The third kappa shape index (κ3) is 3.22. The van der Waals surface area contributed by atoms with Gasteiger partial charge in [0, 0.05) is 5.02 Å². The summed E-state index contributed by atoms with van der Waals surface area (Å²) in [4.78, 5) is 12.4. The van der Waals surface area contributed by atoms with Crippen molar-refractivity contribution < 1.29 is 14.3 Å². The first kappa shape index (κ1) is 16.7. The van der Waals surface area contributed by atoms with Crippen molar-refractivity contribution in [3.05, 3.63) is 70.3 Å². The van der Waals surface area contributed by atoms with E-state index in [0.717, 1.165) is 0 Å². The summed E-state index contributed by atoms with van der Waals surface area (Å²) in [5, 5.41) is 9.86. The number of carbonyl (C=O) groups is 1. The van der Waals surface area contributed by atoms with Crippen molar-refractivity contribution in [2.24, 2.45) is 5.73 Å². The van der Waals surface area contributed by atoms with E-state index in [9.17, 15) is 10.1 Å². The second-order valence-electron chi connectivity index (χ2n) is 4.80. The van der Waals surface area contributed by atoms with Crippen LogP contribution in [0.4, 0.5) is 0 Å². The second-order valence-corrected chi connectivity index (χ2v) is 5.21. The van der Waals surface area contributed by atoms with Gasteiger partial charge in [0.1, 0.15) is 24.0 Å². The van der Waals surface area contributed by atoms with E-state index in [0.29, 0.717) is 10.6 Å². The molecule has 0 radical (unpaired) electrons. The minimum atomic E-state index is -0.736. The topological polar surface area (TPSA) is 85.3 Å². The molecule has 0 bridgehead atoms. The van der Waals surface area contributed by atoms with Gasteiger partial charge in [0.05, 0.1) is 11.5 Å². The van der Waals surface area contributed by atoms with Gasteiger partial charge in [0.15, 0.2) is 0 Å². The Morgan fingerprint density at radius 1 is 1.57 bits per heavy atom. The second kappa shape index (κ2) is 7.03. The Morgan fingerprint density at radius 3 is 2.87 bits per heavy atom. The Balaban J connectivity index is 2.60. The Kier molecular flexibility index (Phi) is 5.09. The molecule has 1 atom stereocenters. The molecule has 1 aromatic carbocycles. The molecule has 1 heterocycles. The molecule has 6 heteroatoms. The monoisotopic (exact) mass is 330 g/mol. The van der Waals surface area contributed by atoms with Gasteiger partial charge in [0.25, 0.3) is 0 Å². The van der Waals surface area contributed by atoms with Crippen molar-refractivity contribution in [1.82, 2.24) is 0 Å². The smallest absolute Gasteiger partial charge is 0.338 e. The fourth-order valence-electron chi connectivity index (χ4n) is 2.38. The Labute approximate surface area is 139 Å². The Bertz CT molecular complexity index is 759. The summed E-state index contributed by atoms with van der Waals surface area (Å²) < 4.78 is 10.4. The maximum absolute atomic E-state index is 12.4. The highest BCUT2D eigenvalue weighted by Gasteiger charge is 2.37. The molecule has 0 aliphatic carbocycles. The van der Waals surface area contributed by atoms with Crippen LogP contribution < -0.4 is 5.73 Å². The van der Waals surface area contributed by atoms with E-state index in [2.05, 4.69) is 6.58 Å². The standard InChI is InChI=1S/C17H15ClN2O3/c1-3-8-22-17(21)14-10(2)23-16(20)12(9-19)15(14)11-6-4-5-7-13(11)18/h3-7,15H,1,8,20H2,2H3/t15-/m1/s1. The molecule has 2 rings (SSSR count). The molecule has 0 aromatic heterocycles. The Morgan fingerprint density at radius 2 is 2.26 bits per heavy atom. The van der Waals surface area contributed by atoms with Gasteiger partial charge in [-0.15, -0.1) is 0 Å². The zero-order chi connectivity index (χ0) is 17.0. The number of carbonyl (C=O) groups excluding carboxylic acids is 1. The van der Waals surface area contributed by atoms with Crippen LogP contribution >= 0.6 is 11.6 Å². The van der Waals surface area contributed by atoms with Gasteiger partial charge >= 0.3 is 5.97 Å². The fraction of sp³-hybridized carbons (Fsp3) is 0.176. The molecule has 2 N–H and O–H groups in total. The number of halogens is 1. The molecule has 0 unspecified atom stereocenters. The van der Waals surface area contributed by atoms with Crippen LogP contribution in [0.1, 0.15) is 18.4 Å². The molecule has 0 amide bonds. The quantitative estimate of drug-likeness (QED) is 0.677. The first-order valence-electron chi connectivity index (χ1n) is 6.82. The maximum atomic E-state index is 12.4. The molecule has 0 fully saturated rings. The number of nitriles is 1. The summed E-state index contributed by atoms with van der Waals surface area (Å²) in [5.74, 6) is -1.11. The van der Waals surface area contributed by atoms with Gasteiger partial charge in [-0.3, -0.25) is 0 Å². The molecular weight excluding hydrogens is 316 g/mol. The number of nitrogens with zero attached hydrogens (tertiary/aromatic N) is 1. The van der Waals surface area contributed by atoms with Crippen LogP contribution in [0.5, 0.6) is 0 Å². The van der Waals surface area contributed by atoms with E-state index >= 15 is 0 Å². The number of benzene rings is 1. The van der Waals surface area contributed by atoms with Crippen LogP contribution in [0.3, 0.4) is 0 Å². The van der Waals surface area contributed by atoms with Crippen LogP contribution in [0.15, 0.2) is 59.7 Å². The lowest BCUT2D eigenvalue weighted by molar-refractivity contribution is -0.138. The fourth-order valence-corrected chi connectivity index (χ4v) is 2.62. The van der Waals surface area contributed by atoms with Crippen LogP contribution in [0.25, 0.3) is 0 Å². The van der Waals surface area contributed by atoms with Crippen molar-refractivity contribution in [3.63, 3.8) is 0 Å². The molecule has 0 saturated heterocycles. The zero-order valence-corrected chi connectivity index (χ0v) is 13.3. The van der Waals surface area contributed by atoms with E-state index in [1.807, 2.05) is 6.07 Å². The van der Waals surface area contributed by atoms with E-state index in [1.165, 1.54) is 6.08 Å². The normalized spacial score (nSPS) is 17.3. The van der Waals surface area contributed by atoms with Crippen molar-refractivity contribution in [2.75, 3.05) is 6.61 Å². The largest absolute Gasteiger partial charge is 0.458 e. The SMILES string of the molecule is C=CCOC(=O)C1=C(C)OC(N)=C(C#N)[C@H]1c1ccccc1Cl. The molecule has 1 aromatic rings. The van der Waals surface area contributed by atoms with E-state index < -0.39 is 11.9 Å². The summed E-state index contributed by atoms with van der Waals surface area (Å²) in [6, 6.07) is 8.94. The van der Waals surface area contributed by atoms with E-state index in [-0.39, 0.29) is 29.4 Å². The first-order valence-corrected chi connectivity index (χ1v) is 7.19. The van der Waals surface area contributed by atoms with Crippen LogP contribution in [0.2, 0.25) is 5.02 Å². The molecule has 23 heavy (non-hydrogen) atoms. The van der Waals surface area contributed by atoms with E-state index in [4.69, 9.17) is 26.8 Å². The highest BCUT2D eigenvalue weighted by Crippen LogP contribution is 2.41. The van der Waals surface area contributed by atoms with Crippen molar-refractivity contribution in [2.45, 2.75) is 12.8 Å². The third-order valence-corrected chi connectivity index (χ3v) is 3.72. The average molecular weight is 331 g/mol. The van der Waals surface area contributed by atoms with Gasteiger partial charge in [-0.2, -0.15) is 5.26 Å². The number of allylic oxidation sites excluding steroid dienone is 2. The van der Waals surface area contributed by atoms with E-state index in [1.54, 1.807) is 31.2 Å². The number of nitrogens with two attached hydrogens (primary N) is 1. The number of hydrogen-bond donors (Lipinski definition) is 1. The molecule has 0 spiro atoms. The van der Waals surface area contributed by atoms with Crippen LogP contribution in [0, 0.1) is 11.3 Å². The minimum Gasteiger partial charge on any atom is -0.458 e. The van der Waals surface area contributed by atoms with Gasteiger partial charge in [0.2, 0.25) is 5.88 Å². The molecule has 1 aliphatic heterocycles. The molecular formula is C17H15ClN2O3. The summed E-state index contributed by atoms with van der Waals surface area (Å²) in [7, 11) is 0. The lowest BCUT2D eigenvalue weighted by atomic mass is 9.83. The maximum Gasteiger partial charge on any atom is 0.338 e. The molecule has 1 aliphatic rings. The molecule has 118 valence electrons. The Hall–Kier alpha value is -2.71. The summed E-state index contributed by atoms with van der Waals surface area (Å²) in [6.07, 6.45) is 1.46. The minimum absolute atomic E-state index is 0.0461. The van der Waals surface area contributed by atoms with Gasteiger partial charge < -0.3 is 15.2 Å². The number of rotatable bonds is 4. The van der Waals surface area contributed by atoms with Gasteiger partial charge in [-0.25, -0.2) is 4.79 Å². The molecule has 5 nitrogen and oxygen atoms in total. The van der Waals surface area contributed by atoms with Crippen molar-refractivity contribution in [1.29, 1.82) is 5.26 Å². The molecule has 0 saturated carbocycles. The van der Waals surface area contributed by atoms with Crippen LogP contribution in [-0.4, -0.2) is 12.6 Å². The van der Waals surface area contributed by atoms with Gasteiger partial charge in [-0.05, 0) is 18.6 Å². The average Bonchev–Trinajstić information content (AvgIpc) is 2.52. The zero-order valence-electron chi connectivity index (χ0n) is 12.5. The predicted molar refractivity (Wildman–Crippen MR) is 86.0 cm³/mol. The lowest BCUT2D eigenvalue weighted by Gasteiger charge is -2.27. The first-order chi connectivity index (χ1) is 11.0. The third-order valence-electron chi connectivity index (χ3n) is 3.37.